The number of hydrogen-bond donors (Lipinski definition) is 1. The van der Waals surface area contributed by atoms with Gasteiger partial charge in [-0.25, -0.2) is 0 Å². The van der Waals surface area contributed by atoms with Crippen LogP contribution in [0.3, 0.4) is 0 Å². The second kappa shape index (κ2) is 5.39. The number of nitrogens with one attached hydrogen (secondary N) is 1. The topological polar surface area (TPSA) is 12.0 Å². The van der Waals surface area contributed by atoms with E-state index in [0.29, 0.717) is 0 Å². The molecule has 2 atom stereocenters. The normalized spacial score (nSPS) is 17.6. The van der Waals surface area contributed by atoms with Gasteiger partial charge in [-0.05, 0) is 24.7 Å². The fourth-order valence-electron chi connectivity index (χ4n) is 1.39. The molecule has 0 saturated heterocycles. The lowest BCUT2D eigenvalue weighted by atomic mass is 9.87. The van der Waals surface area contributed by atoms with Crippen LogP contribution in [0.2, 0.25) is 0 Å². The molecule has 1 N–H and O–H groups in total. The van der Waals surface area contributed by atoms with Crippen molar-refractivity contribution in [3.63, 3.8) is 0 Å². The van der Waals surface area contributed by atoms with Crippen LogP contribution in [0.25, 0.3) is 0 Å². The summed E-state index contributed by atoms with van der Waals surface area (Å²) in [4.78, 5) is 0. The third kappa shape index (κ3) is 6.36. The van der Waals surface area contributed by atoms with Gasteiger partial charge in [0.15, 0.2) is 0 Å². The summed E-state index contributed by atoms with van der Waals surface area (Å²) in [6.07, 6.45) is -4.07. The van der Waals surface area contributed by atoms with E-state index in [1.807, 2.05) is 34.6 Å². The smallest absolute Gasteiger partial charge is 0.303 e. The highest BCUT2D eigenvalue weighted by molar-refractivity contribution is 4.83. The quantitative estimate of drug-likeness (QED) is 0.782. The lowest BCUT2D eigenvalue weighted by molar-refractivity contribution is -0.164. The maximum atomic E-state index is 12.8. The van der Waals surface area contributed by atoms with Crippen molar-refractivity contribution in [1.29, 1.82) is 0 Å². The summed E-state index contributed by atoms with van der Waals surface area (Å²) in [5, 5.41) is 2.69. The van der Waals surface area contributed by atoms with Crippen molar-refractivity contribution < 1.29 is 13.2 Å². The maximum Gasteiger partial charge on any atom is 0.403 e. The van der Waals surface area contributed by atoms with E-state index >= 15 is 0 Å². The van der Waals surface area contributed by atoms with E-state index in [4.69, 9.17) is 0 Å². The van der Waals surface area contributed by atoms with E-state index in [1.54, 1.807) is 6.92 Å². The Morgan fingerprint density at radius 1 is 1.00 bits per heavy atom. The highest BCUT2D eigenvalue weighted by Gasteiger charge is 2.42. The molecule has 1 nitrogen and oxygen atoms in total. The molecule has 0 amide bonds. The van der Waals surface area contributed by atoms with Crippen LogP contribution in [0.15, 0.2) is 0 Å². The zero-order valence-electron chi connectivity index (χ0n) is 11.1. The lowest BCUT2D eigenvalue weighted by Crippen LogP contribution is -2.49. The average molecular weight is 239 g/mol. The first-order chi connectivity index (χ1) is 6.93. The van der Waals surface area contributed by atoms with Crippen LogP contribution >= 0.6 is 0 Å². The first kappa shape index (κ1) is 15.8. The fraction of sp³-hybridized carbons (Fsp3) is 1.00. The molecule has 0 aromatic heterocycles. The third-order valence-electron chi connectivity index (χ3n) is 2.68. The second-order valence-electron chi connectivity index (χ2n) is 6.06. The molecular formula is C12H24F3N. The summed E-state index contributed by atoms with van der Waals surface area (Å²) in [5.74, 6) is 0.199. The van der Waals surface area contributed by atoms with Gasteiger partial charge in [-0.15, -0.1) is 0 Å². The monoisotopic (exact) mass is 239 g/mol. The molecule has 0 heterocycles. The van der Waals surface area contributed by atoms with E-state index < -0.39 is 12.2 Å². The maximum absolute atomic E-state index is 12.8. The standard InChI is InChI=1S/C12H24F3N/c1-8(2)9(3)16-10(12(13,14)15)7-11(4,5)6/h8-10,16H,7H2,1-6H3. The van der Waals surface area contributed by atoms with Crippen molar-refractivity contribution in [3.05, 3.63) is 0 Å². The van der Waals surface area contributed by atoms with Crippen molar-refractivity contribution >= 4 is 0 Å². The third-order valence-corrected chi connectivity index (χ3v) is 2.68. The minimum atomic E-state index is -4.17. The molecule has 0 saturated carbocycles. The molecule has 98 valence electrons. The Balaban J connectivity index is 4.58. The van der Waals surface area contributed by atoms with E-state index in [2.05, 4.69) is 5.32 Å². The van der Waals surface area contributed by atoms with Crippen molar-refractivity contribution in [3.8, 4) is 0 Å². The fourth-order valence-corrected chi connectivity index (χ4v) is 1.39. The van der Waals surface area contributed by atoms with Crippen LogP contribution in [0.5, 0.6) is 0 Å². The molecule has 0 aliphatic carbocycles. The van der Waals surface area contributed by atoms with E-state index in [9.17, 15) is 13.2 Å². The summed E-state index contributed by atoms with van der Waals surface area (Å²) >= 11 is 0. The predicted molar refractivity (Wildman–Crippen MR) is 61.4 cm³/mol. The van der Waals surface area contributed by atoms with Crippen LogP contribution in [-0.4, -0.2) is 18.3 Å². The molecule has 0 aliphatic rings. The van der Waals surface area contributed by atoms with Gasteiger partial charge in [0.1, 0.15) is 6.04 Å². The van der Waals surface area contributed by atoms with Crippen LogP contribution in [0.1, 0.15) is 48.0 Å². The molecule has 16 heavy (non-hydrogen) atoms. The Kier molecular flexibility index (Phi) is 5.30. The predicted octanol–water partition coefficient (Wildman–Crippen LogP) is 3.99. The van der Waals surface area contributed by atoms with Gasteiger partial charge in [-0.2, -0.15) is 13.2 Å². The zero-order valence-corrected chi connectivity index (χ0v) is 11.1. The SMILES string of the molecule is CC(C)C(C)NC(CC(C)(C)C)C(F)(F)F. The van der Waals surface area contributed by atoms with Crippen molar-refractivity contribution in [2.24, 2.45) is 11.3 Å². The molecule has 0 aliphatic heterocycles. The summed E-state index contributed by atoms with van der Waals surface area (Å²) in [5.41, 5.74) is -0.329. The highest BCUT2D eigenvalue weighted by atomic mass is 19.4. The van der Waals surface area contributed by atoms with Gasteiger partial charge in [-0.3, -0.25) is 0 Å². The van der Waals surface area contributed by atoms with Gasteiger partial charge in [0.05, 0.1) is 0 Å². The Labute approximate surface area is 96.8 Å². The zero-order chi connectivity index (χ0) is 13.1. The van der Waals surface area contributed by atoms with Crippen LogP contribution in [0.4, 0.5) is 13.2 Å². The van der Waals surface area contributed by atoms with Gasteiger partial charge < -0.3 is 5.32 Å². The summed E-state index contributed by atoms with van der Waals surface area (Å²) in [7, 11) is 0. The number of rotatable bonds is 4. The molecule has 2 unspecified atom stereocenters. The van der Waals surface area contributed by atoms with Gasteiger partial charge in [0.2, 0.25) is 0 Å². The van der Waals surface area contributed by atoms with Gasteiger partial charge in [0.25, 0.3) is 0 Å². The molecule has 4 heteroatoms. The van der Waals surface area contributed by atoms with Crippen molar-refractivity contribution in [2.75, 3.05) is 0 Å². The van der Waals surface area contributed by atoms with E-state index in [0.717, 1.165) is 0 Å². The summed E-state index contributed by atoms with van der Waals surface area (Å²) in [6, 6.07) is -1.54. The lowest BCUT2D eigenvalue weighted by Gasteiger charge is -2.32. The van der Waals surface area contributed by atoms with Gasteiger partial charge in [-0.1, -0.05) is 34.6 Å². The number of alkyl halides is 3. The largest absolute Gasteiger partial charge is 0.403 e. The Hall–Kier alpha value is -0.250. The van der Waals surface area contributed by atoms with Crippen LogP contribution in [-0.2, 0) is 0 Å². The number of halogens is 3. The molecule has 0 radical (unpaired) electrons. The minimum Gasteiger partial charge on any atom is -0.303 e. The average Bonchev–Trinajstić information content (AvgIpc) is 1.98. The van der Waals surface area contributed by atoms with E-state index in [-0.39, 0.29) is 23.8 Å². The second-order valence-corrected chi connectivity index (χ2v) is 6.06. The number of hydrogen-bond acceptors (Lipinski definition) is 1. The molecule has 0 spiro atoms. The van der Waals surface area contributed by atoms with Crippen molar-refractivity contribution in [2.45, 2.75) is 66.2 Å². The first-order valence-corrected chi connectivity index (χ1v) is 5.76. The molecule has 0 aromatic carbocycles. The molecular weight excluding hydrogens is 215 g/mol. The van der Waals surface area contributed by atoms with Gasteiger partial charge in [0, 0.05) is 6.04 Å². The molecule has 0 fully saturated rings. The van der Waals surface area contributed by atoms with E-state index in [1.165, 1.54) is 0 Å². The Morgan fingerprint density at radius 3 is 1.69 bits per heavy atom. The van der Waals surface area contributed by atoms with Gasteiger partial charge >= 0.3 is 6.18 Å². The molecule has 0 aromatic rings. The van der Waals surface area contributed by atoms with Crippen LogP contribution < -0.4 is 5.32 Å². The molecule has 0 rings (SSSR count). The minimum absolute atomic E-state index is 0.105. The summed E-state index contributed by atoms with van der Waals surface area (Å²) < 4.78 is 38.4. The molecule has 0 bridgehead atoms. The Morgan fingerprint density at radius 2 is 1.44 bits per heavy atom. The van der Waals surface area contributed by atoms with Crippen LogP contribution in [0, 0.1) is 11.3 Å². The highest BCUT2D eigenvalue weighted by Crippen LogP contribution is 2.31. The Bertz CT molecular complexity index is 203. The first-order valence-electron chi connectivity index (χ1n) is 5.76. The van der Waals surface area contributed by atoms with Crippen molar-refractivity contribution in [1.82, 2.24) is 5.32 Å². The summed E-state index contributed by atoms with van der Waals surface area (Å²) in [6.45, 7) is 11.1.